The number of nitrogens with one attached hydrogen (secondary N) is 2. The van der Waals surface area contributed by atoms with Gasteiger partial charge in [0, 0.05) is 24.2 Å². The molecule has 0 spiro atoms. The summed E-state index contributed by atoms with van der Waals surface area (Å²) in [7, 11) is -3.26. The van der Waals surface area contributed by atoms with Crippen LogP contribution >= 0.6 is 0 Å². The molecule has 0 aromatic heterocycles. The smallest absolute Gasteiger partial charge is 0.224 e. The Labute approximate surface area is 171 Å². The summed E-state index contributed by atoms with van der Waals surface area (Å²) in [4.78, 5) is 24.9. The Kier molecular flexibility index (Phi) is 6.37. The molecule has 1 aliphatic rings. The molecule has 1 heterocycles. The average molecular weight is 415 g/mol. The number of carbonyl (C=O) groups excluding carboxylic acids is 2. The molecule has 0 saturated carbocycles. The monoisotopic (exact) mass is 414 g/mol. The lowest BCUT2D eigenvalue weighted by Crippen LogP contribution is -2.25. The van der Waals surface area contributed by atoms with Gasteiger partial charge in [-0.05, 0) is 61.1 Å². The molecule has 7 heteroatoms. The van der Waals surface area contributed by atoms with Crippen molar-refractivity contribution >= 4 is 33.0 Å². The van der Waals surface area contributed by atoms with Crippen molar-refractivity contribution in [3.8, 4) is 0 Å². The van der Waals surface area contributed by atoms with Crippen LogP contribution in [-0.4, -0.2) is 31.7 Å². The second-order valence-electron chi connectivity index (χ2n) is 7.84. The van der Waals surface area contributed by atoms with Crippen LogP contribution in [-0.2, 0) is 19.4 Å². The van der Waals surface area contributed by atoms with Gasteiger partial charge in [0.25, 0.3) is 0 Å². The van der Waals surface area contributed by atoms with Gasteiger partial charge in [0.05, 0.1) is 11.5 Å². The average Bonchev–Trinajstić information content (AvgIpc) is 2.87. The SMILES string of the molecule is Cc1cccc(NC(=O)C[C@@H]2CS(=O)(=O)C[C@@H]2CC(=O)Nc2cccc(C)c2)c1. The van der Waals surface area contributed by atoms with Gasteiger partial charge in [-0.15, -0.1) is 0 Å². The van der Waals surface area contributed by atoms with E-state index >= 15 is 0 Å². The van der Waals surface area contributed by atoms with E-state index in [-0.39, 0.29) is 48.0 Å². The molecule has 154 valence electrons. The van der Waals surface area contributed by atoms with Gasteiger partial charge in [0.1, 0.15) is 0 Å². The molecule has 0 aliphatic carbocycles. The van der Waals surface area contributed by atoms with E-state index in [0.717, 1.165) is 11.1 Å². The lowest BCUT2D eigenvalue weighted by atomic mass is 9.89. The van der Waals surface area contributed by atoms with E-state index in [1.165, 1.54) is 0 Å². The minimum absolute atomic E-state index is 0.0589. The summed E-state index contributed by atoms with van der Waals surface area (Å²) in [5.74, 6) is -1.32. The van der Waals surface area contributed by atoms with Crippen LogP contribution in [0.4, 0.5) is 11.4 Å². The van der Waals surface area contributed by atoms with Gasteiger partial charge < -0.3 is 10.6 Å². The molecule has 3 rings (SSSR count). The Bertz CT molecular complexity index is 941. The van der Waals surface area contributed by atoms with Gasteiger partial charge in [-0.25, -0.2) is 8.42 Å². The molecule has 1 fully saturated rings. The first-order valence-corrected chi connectivity index (χ1v) is 11.5. The number of carbonyl (C=O) groups is 2. The Morgan fingerprint density at radius 2 is 1.24 bits per heavy atom. The third kappa shape index (κ3) is 6.15. The first-order chi connectivity index (χ1) is 13.7. The third-order valence-electron chi connectivity index (χ3n) is 5.10. The summed E-state index contributed by atoms with van der Waals surface area (Å²) in [6.45, 7) is 3.87. The number of amides is 2. The highest BCUT2D eigenvalue weighted by molar-refractivity contribution is 7.91. The third-order valence-corrected chi connectivity index (χ3v) is 6.97. The first-order valence-electron chi connectivity index (χ1n) is 9.64. The highest BCUT2D eigenvalue weighted by Crippen LogP contribution is 2.31. The molecule has 6 nitrogen and oxygen atoms in total. The van der Waals surface area contributed by atoms with Crippen LogP contribution in [0.1, 0.15) is 24.0 Å². The van der Waals surface area contributed by atoms with E-state index < -0.39 is 9.84 Å². The topological polar surface area (TPSA) is 92.3 Å². The maximum atomic E-state index is 12.4. The van der Waals surface area contributed by atoms with Gasteiger partial charge in [0.2, 0.25) is 11.8 Å². The van der Waals surface area contributed by atoms with Crippen LogP contribution < -0.4 is 10.6 Å². The zero-order valence-corrected chi connectivity index (χ0v) is 17.5. The number of aryl methyl sites for hydroxylation is 2. The zero-order valence-electron chi connectivity index (χ0n) is 16.6. The number of sulfone groups is 1. The summed E-state index contributed by atoms with van der Waals surface area (Å²) in [5, 5.41) is 5.65. The molecule has 2 N–H and O–H groups in total. The molecular weight excluding hydrogens is 388 g/mol. The Hall–Kier alpha value is -2.67. The molecule has 2 aromatic carbocycles. The number of benzene rings is 2. The van der Waals surface area contributed by atoms with E-state index in [2.05, 4.69) is 10.6 Å². The minimum atomic E-state index is -3.26. The number of hydrogen-bond acceptors (Lipinski definition) is 4. The maximum Gasteiger partial charge on any atom is 0.224 e. The second kappa shape index (κ2) is 8.78. The summed E-state index contributed by atoms with van der Waals surface area (Å²) in [6.07, 6.45) is 0.158. The zero-order chi connectivity index (χ0) is 21.0. The Balaban J connectivity index is 1.62. The van der Waals surface area contributed by atoms with E-state index in [1.54, 1.807) is 12.1 Å². The maximum absolute atomic E-state index is 12.4. The second-order valence-corrected chi connectivity index (χ2v) is 9.99. The molecule has 1 saturated heterocycles. The molecular formula is C22H26N2O4S. The van der Waals surface area contributed by atoms with Crippen molar-refractivity contribution in [2.24, 2.45) is 11.8 Å². The van der Waals surface area contributed by atoms with E-state index in [0.29, 0.717) is 11.4 Å². The predicted molar refractivity (Wildman–Crippen MR) is 114 cm³/mol. The summed E-state index contributed by atoms with van der Waals surface area (Å²) < 4.78 is 24.3. The standard InChI is InChI=1S/C22H26N2O4S/c1-15-5-3-7-19(9-15)23-21(25)11-17-13-29(27,28)14-18(17)12-22(26)24-20-8-4-6-16(2)10-20/h3-10,17-18H,11-14H2,1-2H3,(H,23,25)(H,24,26)/t17-,18+. The minimum Gasteiger partial charge on any atom is -0.326 e. The van der Waals surface area contributed by atoms with Crippen molar-refractivity contribution < 1.29 is 18.0 Å². The van der Waals surface area contributed by atoms with Crippen molar-refractivity contribution in [1.82, 2.24) is 0 Å². The summed E-state index contributed by atoms with van der Waals surface area (Å²) >= 11 is 0. The molecule has 2 aromatic rings. The largest absolute Gasteiger partial charge is 0.326 e. The lowest BCUT2D eigenvalue weighted by molar-refractivity contribution is -0.119. The number of anilines is 2. The highest BCUT2D eigenvalue weighted by atomic mass is 32.2. The van der Waals surface area contributed by atoms with Gasteiger partial charge in [-0.3, -0.25) is 9.59 Å². The van der Waals surface area contributed by atoms with E-state index in [9.17, 15) is 18.0 Å². The molecule has 0 radical (unpaired) electrons. The number of rotatable bonds is 6. The Morgan fingerprint density at radius 1 is 0.828 bits per heavy atom. The van der Waals surface area contributed by atoms with E-state index in [4.69, 9.17) is 0 Å². The molecule has 29 heavy (non-hydrogen) atoms. The quantitative estimate of drug-likeness (QED) is 0.758. The predicted octanol–water partition coefficient (Wildman–Crippen LogP) is 3.32. The fourth-order valence-electron chi connectivity index (χ4n) is 3.79. The van der Waals surface area contributed by atoms with Crippen molar-refractivity contribution in [1.29, 1.82) is 0 Å². The van der Waals surface area contributed by atoms with Gasteiger partial charge in [-0.2, -0.15) is 0 Å². The van der Waals surface area contributed by atoms with E-state index in [1.807, 2.05) is 50.2 Å². The van der Waals surface area contributed by atoms with Gasteiger partial charge in [-0.1, -0.05) is 24.3 Å². The molecule has 1 aliphatic heterocycles. The van der Waals surface area contributed by atoms with Crippen LogP contribution in [0.5, 0.6) is 0 Å². The van der Waals surface area contributed by atoms with Crippen LogP contribution in [0.3, 0.4) is 0 Å². The van der Waals surface area contributed by atoms with Gasteiger partial charge in [0.15, 0.2) is 9.84 Å². The molecule has 2 amide bonds. The normalized spacial score (nSPS) is 20.2. The van der Waals surface area contributed by atoms with Crippen LogP contribution in [0.25, 0.3) is 0 Å². The Morgan fingerprint density at radius 3 is 1.62 bits per heavy atom. The number of hydrogen-bond donors (Lipinski definition) is 2. The van der Waals surface area contributed by atoms with Crippen molar-refractivity contribution in [2.45, 2.75) is 26.7 Å². The fraction of sp³-hybridized carbons (Fsp3) is 0.364. The highest BCUT2D eigenvalue weighted by Gasteiger charge is 2.39. The molecule has 0 unspecified atom stereocenters. The molecule has 0 bridgehead atoms. The van der Waals surface area contributed by atoms with Crippen LogP contribution in [0.2, 0.25) is 0 Å². The van der Waals surface area contributed by atoms with Gasteiger partial charge >= 0.3 is 0 Å². The molecule has 2 atom stereocenters. The van der Waals surface area contributed by atoms with Crippen molar-refractivity contribution in [2.75, 3.05) is 22.1 Å². The summed E-state index contributed by atoms with van der Waals surface area (Å²) in [5.41, 5.74) is 3.42. The van der Waals surface area contributed by atoms with Crippen molar-refractivity contribution in [3.05, 3.63) is 59.7 Å². The lowest BCUT2D eigenvalue weighted by Gasteiger charge is -2.17. The van der Waals surface area contributed by atoms with Crippen LogP contribution in [0, 0.1) is 25.7 Å². The first kappa shape index (κ1) is 21.0. The van der Waals surface area contributed by atoms with Crippen LogP contribution in [0.15, 0.2) is 48.5 Å². The summed E-state index contributed by atoms with van der Waals surface area (Å²) in [6, 6.07) is 14.9. The van der Waals surface area contributed by atoms with Crippen molar-refractivity contribution in [3.63, 3.8) is 0 Å². The fourth-order valence-corrected chi connectivity index (χ4v) is 6.01.